The molecule has 1 unspecified atom stereocenters. The van der Waals surface area contributed by atoms with Crippen LogP contribution >= 0.6 is 0 Å². The highest BCUT2D eigenvalue weighted by Crippen LogP contribution is 2.13. The highest BCUT2D eigenvalue weighted by atomic mass is 16.5. The van der Waals surface area contributed by atoms with Crippen LogP contribution in [0.2, 0.25) is 0 Å². The summed E-state index contributed by atoms with van der Waals surface area (Å²) in [6.07, 6.45) is -1.22. The monoisotopic (exact) mass is 250 g/mol. The molecule has 0 spiro atoms. The minimum absolute atomic E-state index is 0.314. The Morgan fingerprint density at radius 2 is 2.17 bits per heavy atom. The number of benzene rings is 1. The van der Waals surface area contributed by atoms with Crippen LogP contribution in [0, 0.1) is 0 Å². The molecule has 1 aromatic rings. The number of amides is 1. The third-order valence-electron chi connectivity index (χ3n) is 2.57. The number of hydrogen-bond acceptors (Lipinski definition) is 4. The maximum Gasteiger partial charge on any atom is 0.306 e. The topological polar surface area (TPSA) is 78.9 Å². The first kappa shape index (κ1) is 12.4. The molecule has 1 aliphatic heterocycles. The molecule has 6 nitrogen and oxygen atoms in total. The van der Waals surface area contributed by atoms with E-state index in [1.54, 1.807) is 0 Å². The second-order valence-electron chi connectivity index (χ2n) is 3.92. The summed E-state index contributed by atoms with van der Waals surface area (Å²) in [6.45, 7) is 0.716. The fraction of sp³-hybridized carbons (Fsp3) is 0.333. The second-order valence-corrected chi connectivity index (χ2v) is 3.92. The van der Waals surface area contributed by atoms with Gasteiger partial charge >= 0.3 is 5.97 Å². The number of carbonyl (C=O) groups excluding carboxylic acids is 1. The molecule has 0 radical (unpaired) electrons. The van der Waals surface area contributed by atoms with E-state index >= 15 is 0 Å². The van der Waals surface area contributed by atoms with Crippen LogP contribution in [-0.4, -0.2) is 41.2 Å². The van der Waals surface area contributed by atoms with Crippen LogP contribution in [0.3, 0.4) is 0 Å². The van der Waals surface area contributed by atoms with E-state index in [1.807, 2.05) is 30.3 Å². The summed E-state index contributed by atoms with van der Waals surface area (Å²) in [7, 11) is 0. The predicted molar refractivity (Wildman–Crippen MR) is 63.8 cm³/mol. The lowest BCUT2D eigenvalue weighted by Gasteiger charge is -2.32. The number of anilines is 1. The van der Waals surface area contributed by atoms with E-state index in [2.05, 4.69) is 5.43 Å². The standard InChI is InChI=1S/C12H14N2O4/c15-11(16)8-10-12(17)14(6-7-18-10)13-9-4-2-1-3-5-9/h1-5,10,13H,6-8H2,(H,15,16). The average Bonchev–Trinajstić information content (AvgIpc) is 2.35. The normalized spacial score (nSPS) is 19.7. The van der Waals surface area contributed by atoms with Gasteiger partial charge in [-0.15, -0.1) is 0 Å². The molecule has 0 saturated carbocycles. The van der Waals surface area contributed by atoms with Crippen LogP contribution in [0.4, 0.5) is 5.69 Å². The first-order valence-corrected chi connectivity index (χ1v) is 5.63. The summed E-state index contributed by atoms with van der Waals surface area (Å²) in [5.74, 6) is -1.40. The van der Waals surface area contributed by atoms with Crippen LogP contribution in [0.5, 0.6) is 0 Å². The first-order chi connectivity index (χ1) is 8.66. The molecule has 18 heavy (non-hydrogen) atoms. The van der Waals surface area contributed by atoms with Gasteiger partial charge in [0.25, 0.3) is 5.91 Å². The number of nitrogens with one attached hydrogen (secondary N) is 1. The van der Waals surface area contributed by atoms with E-state index in [0.717, 1.165) is 5.69 Å². The van der Waals surface area contributed by atoms with Crippen LogP contribution in [0.25, 0.3) is 0 Å². The Morgan fingerprint density at radius 1 is 1.44 bits per heavy atom. The van der Waals surface area contributed by atoms with Crippen molar-refractivity contribution in [3.05, 3.63) is 30.3 Å². The fourth-order valence-electron chi connectivity index (χ4n) is 1.73. The molecule has 1 aliphatic rings. The highest BCUT2D eigenvalue weighted by Gasteiger charge is 2.31. The van der Waals surface area contributed by atoms with Crippen LogP contribution in [0.1, 0.15) is 6.42 Å². The lowest BCUT2D eigenvalue weighted by molar-refractivity contribution is -0.157. The highest BCUT2D eigenvalue weighted by molar-refractivity contribution is 5.86. The molecular weight excluding hydrogens is 236 g/mol. The predicted octanol–water partition coefficient (Wildman–Crippen LogP) is 0.716. The van der Waals surface area contributed by atoms with Crippen molar-refractivity contribution in [2.45, 2.75) is 12.5 Å². The Morgan fingerprint density at radius 3 is 2.83 bits per heavy atom. The largest absolute Gasteiger partial charge is 0.481 e. The zero-order valence-corrected chi connectivity index (χ0v) is 9.70. The first-order valence-electron chi connectivity index (χ1n) is 5.63. The van der Waals surface area contributed by atoms with Gasteiger partial charge in [0, 0.05) is 0 Å². The lowest BCUT2D eigenvalue weighted by Crippen LogP contribution is -2.50. The zero-order valence-electron chi connectivity index (χ0n) is 9.70. The number of morpholine rings is 1. The van der Waals surface area contributed by atoms with E-state index in [9.17, 15) is 9.59 Å². The SMILES string of the molecule is O=C(O)CC1OCCN(Nc2ccccc2)C1=O. The Bertz CT molecular complexity index is 435. The van der Waals surface area contributed by atoms with Crippen molar-refractivity contribution in [3.63, 3.8) is 0 Å². The molecule has 1 amide bonds. The van der Waals surface area contributed by atoms with Gasteiger partial charge in [-0.2, -0.15) is 0 Å². The maximum absolute atomic E-state index is 11.9. The van der Waals surface area contributed by atoms with Gasteiger partial charge in [-0.1, -0.05) is 18.2 Å². The molecule has 0 aliphatic carbocycles. The average molecular weight is 250 g/mol. The Balaban J connectivity index is 2.00. The summed E-state index contributed by atoms with van der Waals surface area (Å²) in [6, 6.07) is 9.23. The van der Waals surface area contributed by atoms with Crippen molar-refractivity contribution in [1.29, 1.82) is 0 Å². The van der Waals surface area contributed by atoms with E-state index in [4.69, 9.17) is 9.84 Å². The summed E-state index contributed by atoms with van der Waals surface area (Å²) in [5.41, 5.74) is 3.72. The van der Waals surface area contributed by atoms with E-state index in [0.29, 0.717) is 13.2 Å². The number of aliphatic carboxylic acids is 1. The molecule has 1 heterocycles. The lowest BCUT2D eigenvalue weighted by atomic mass is 10.2. The number of hydrazine groups is 1. The Kier molecular flexibility index (Phi) is 3.78. The molecule has 2 rings (SSSR count). The number of nitrogens with zero attached hydrogens (tertiary/aromatic N) is 1. The molecule has 0 bridgehead atoms. The van der Waals surface area contributed by atoms with Gasteiger partial charge in [0.05, 0.1) is 25.3 Å². The van der Waals surface area contributed by atoms with Crippen LogP contribution in [-0.2, 0) is 14.3 Å². The zero-order chi connectivity index (χ0) is 13.0. The quantitative estimate of drug-likeness (QED) is 0.823. The molecule has 1 atom stereocenters. The summed E-state index contributed by atoms with van der Waals surface area (Å²) in [4.78, 5) is 22.5. The number of rotatable bonds is 4. The smallest absolute Gasteiger partial charge is 0.306 e. The van der Waals surface area contributed by atoms with Gasteiger partial charge in [0.2, 0.25) is 0 Å². The molecule has 1 fully saturated rings. The molecule has 2 N–H and O–H groups in total. The van der Waals surface area contributed by atoms with Gasteiger partial charge in [0.15, 0.2) is 0 Å². The number of hydrogen-bond donors (Lipinski definition) is 2. The number of ether oxygens (including phenoxy) is 1. The third kappa shape index (κ3) is 2.98. The van der Waals surface area contributed by atoms with Gasteiger partial charge < -0.3 is 9.84 Å². The van der Waals surface area contributed by atoms with Crippen molar-refractivity contribution in [2.75, 3.05) is 18.6 Å². The summed E-state index contributed by atoms with van der Waals surface area (Å²) in [5, 5.41) is 10.1. The van der Waals surface area contributed by atoms with Crippen LogP contribution in [0.15, 0.2) is 30.3 Å². The van der Waals surface area contributed by atoms with Gasteiger partial charge in [0.1, 0.15) is 6.10 Å². The third-order valence-corrected chi connectivity index (χ3v) is 2.57. The van der Waals surface area contributed by atoms with Gasteiger partial charge in [-0.25, -0.2) is 0 Å². The molecule has 0 aromatic heterocycles. The molecule has 96 valence electrons. The van der Waals surface area contributed by atoms with Crippen molar-refractivity contribution in [1.82, 2.24) is 5.01 Å². The minimum Gasteiger partial charge on any atom is -0.481 e. The summed E-state index contributed by atoms with van der Waals surface area (Å²) < 4.78 is 5.16. The second kappa shape index (κ2) is 5.50. The Labute approximate surface area is 104 Å². The number of carboxylic acid groups (broad SMARTS) is 1. The number of carboxylic acids is 1. The molecule has 6 heteroatoms. The van der Waals surface area contributed by atoms with Gasteiger partial charge in [-0.3, -0.25) is 20.0 Å². The summed E-state index contributed by atoms with van der Waals surface area (Å²) >= 11 is 0. The minimum atomic E-state index is -1.05. The van der Waals surface area contributed by atoms with Crippen molar-refractivity contribution < 1.29 is 19.4 Å². The van der Waals surface area contributed by atoms with E-state index in [1.165, 1.54) is 5.01 Å². The van der Waals surface area contributed by atoms with E-state index < -0.39 is 12.1 Å². The maximum atomic E-state index is 11.9. The van der Waals surface area contributed by atoms with Crippen molar-refractivity contribution in [2.24, 2.45) is 0 Å². The molecule has 1 saturated heterocycles. The molecular formula is C12H14N2O4. The number of carbonyl (C=O) groups is 2. The van der Waals surface area contributed by atoms with Gasteiger partial charge in [-0.05, 0) is 12.1 Å². The number of para-hydroxylation sites is 1. The van der Waals surface area contributed by atoms with Crippen LogP contribution < -0.4 is 5.43 Å². The fourth-order valence-corrected chi connectivity index (χ4v) is 1.73. The van der Waals surface area contributed by atoms with Crippen molar-refractivity contribution >= 4 is 17.6 Å². The van der Waals surface area contributed by atoms with E-state index in [-0.39, 0.29) is 12.3 Å². The molecule has 1 aromatic carbocycles. The Hall–Kier alpha value is -2.08. The van der Waals surface area contributed by atoms with Crippen molar-refractivity contribution in [3.8, 4) is 0 Å².